The summed E-state index contributed by atoms with van der Waals surface area (Å²) in [7, 11) is 0. The van der Waals surface area contributed by atoms with Crippen LogP contribution in [0.1, 0.15) is 42.5 Å². The monoisotopic (exact) mass is 294 g/mol. The lowest BCUT2D eigenvalue weighted by Gasteiger charge is -2.20. The zero-order chi connectivity index (χ0) is 15.4. The summed E-state index contributed by atoms with van der Waals surface area (Å²) in [5.74, 6) is -2.53. The Kier molecular flexibility index (Phi) is 4.90. The number of amides is 1. The van der Waals surface area contributed by atoms with E-state index in [-0.39, 0.29) is 29.1 Å². The highest BCUT2D eigenvalue weighted by molar-refractivity contribution is 5.95. The fourth-order valence-corrected chi connectivity index (χ4v) is 2.64. The lowest BCUT2D eigenvalue weighted by Crippen LogP contribution is -2.38. The second-order valence-electron chi connectivity index (χ2n) is 5.40. The van der Waals surface area contributed by atoms with E-state index in [1.807, 2.05) is 0 Å². The molecule has 1 aliphatic rings. The highest BCUT2D eigenvalue weighted by atomic mass is 19.1. The van der Waals surface area contributed by atoms with Crippen LogP contribution in [0.15, 0.2) is 18.2 Å². The summed E-state index contributed by atoms with van der Waals surface area (Å²) in [5, 5.41) is 11.4. The average Bonchev–Trinajstić information content (AvgIpc) is 2.65. The van der Waals surface area contributed by atoms with Gasteiger partial charge < -0.3 is 16.2 Å². The number of benzene rings is 1. The number of carboxylic acid groups (broad SMARTS) is 1. The van der Waals surface area contributed by atoms with Crippen LogP contribution in [-0.4, -0.2) is 23.0 Å². The number of aromatic carboxylic acids is 1. The first-order valence-electron chi connectivity index (χ1n) is 7.08. The van der Waals surface area contributed by atoms with Crippen molar-refractivity contribution in [3.05, 3.63) is 29.6 Å². The van der Waals surface area contributed by atoms with E-state index in [2.05, 4.69) is 5.32 Å². The predicted molar refractivity (Wildman–Crippen MR) is 76.5 cm³/mol. The minimum Gasteiger partial charge on any atom is -0.478 e. The molecule has 1 saturated carbocycles. The average molecular weight is 294 g/mol. The fourth-order valence-electron chi connectivity index (χ4n) is 2.64. The number of hydrogen-bond donors (Lipinski definition) is 3. The van der Waals surface area contributed by atoms with E-state index in [1.54, 1.807) is 0 Å². The van der Waals surface area contributed by atoms with Gasteiger partial charge in [0.2, 0.25) is 5.91 Å². The lowest BCUT2D eigenvalue weighted by atomic mass is 9.94. The van der Waals surface area contributed by atoms with Crippen LogP contribution in [0.3, 0.4) is 0 Å². The van der Waals surface area contributed by atoms with Crippen LogP contribution in [0, 0.1) is 11.7 Å². The van der Waals surface area contributed by atoms with Crippen molar-refractivity contribution in [3.63, 3.8) is 0 Å². The molecule has 0 spiro atoms. The molecule has 4 N–H and O–H groups in total. The van der Waals surface area contributed by atoms with Gasteiger partial charge in [0.15, 0.2) is 0 Å². The molecule has 1 aliphatic carbocycles. The summed E-state index contributed by atoms with van der Waals surface area (Å²) >= 11 is 0. The zero-order valence-corrected chi connectivity index (χ0v) is 11.6. The van der Waals surface area contributed by atoms with Crippen LogP contribution in [0.25, 0.3) is 0 Å². The Morgan fingerprint density at radius 1 is 1.24 bits per heavy atom. The van der Waals surface area contributed by atoms with Gasteiger partial charge in [0, 0.05) is 6.04 Å². The first-order valence-corrected chi connectivity index (χ1v) is 7.08. The fraction of sp³-hybridized carbons (Fsp3) is 0.467. The second kappa shape index (κ2) is 6.67. The molecule has 0 aliphatic heterocycles. The van der Waals surface area contributed by atoms with Crippen LogP contribution in [0.2, 0.25) is 0 Å². The van der Waals surface area contributed by atoms with Crippen molar-refractivity contribution in [1.82, 2.24) is 0 Å². The second-order valence-corrected chi connectivity index (χ2v) is 5.40. The maximum Gasteiger partial charge on any atom is 0.335 e. The summed E-state index contributed by atoms with van der Waals surface area (Å²) in [6.07, 6.45) is 4.40. The molecule has 0 radical (unpaired) electrons. The van der Waals surface area contributed by atoms with E-state index in [4.69, 9.17) is 10.8 Å². The van der Waals surface area contributed by atoms with Crippen molar-refractivity contribution in [2.24, 2.45) is 11.7 Å². The third-order valence-electron chi connectivity index (χ3n) is 3.88. The number of rotatable bonds is 3. The van der Waals surface area contributed by atoms with E-state index in [0.29, 0.717) is 6.42 Å². The molecule has 0 aromatic heterocycles. The Morgan fingerprint density at radius 3 is 2.67 bits per heavy atom. The minimum atomic E-state index is -1.17. The van der Waals surface area contributed by atoms with Gasteiger partial charge in [-0.05, 0) is 31.0 Å². The molecule has 1 amide bonds. The van der Waals surface area contributed by atoms with Gasteiger partial charge in [-0.25, -0.2) is 9.18 Å². The van der Waals surface area contributed by atoms with Gasteiger partial charge >= 0.3 is 5.97 Å². The van der Waals surface area contributed by atoms with E-state index < -0.39 is 11.8 Å². The van der Waals surface area contributed by atoms with Crippen molar-refractivity contribution in [1.29, 1.82) is 0 Å². The van der Waals surface area contributed by atoms with E-state index in [1.165, 1.54) is 0 Å². The molecule has 6 heteroatoms. The lowest BCUT2D eigenvalue weighted by molar-refractivity contribution is -0.120. The summed E-state index contributed by atoms with van der Waals surface area (Å²) in [4.78, 5) is 23.2. The van der Waals surface area contributed by atoms with Crippen molar-refractivity contribution >= 4 is 17.6 Å². The highest BCUT2D eigenvalue weighted by Gasteiger charge is 2.27. The quantitative estimate of drug-likeness (QED) is 0.746. The standard InChI is InChI=1S/C15H19FN2O3/c16-11-7-6-9(15(20)21)8-13(11)18-14(19)10-4-2-1-3-5-12(10)17/h6-8,10,12H,1-5,17H2,(H,18,19)(H,20,21). The Hall–Kier alpha value is -1.95. The normalized spacial score (nSPS) is 22.4. The third kappa shape index (κ3) is 3.78. The van der Waals surface area contributed by atoms with E-state index in [0.717, 1.165) is 43.9 Å². The molecule has 21 heavy (non-hydrogen) atoms. The first kappa shape index (κ1) is 15.4. The third-order valence-corrected chi connectivity index (χ3v) is 3.88. The molecule has 5 nitrogen and oxygen atoms in total. The molecular weight excluding hydrogens is 275 g/mol. The number of nitrogens with two attached hydrogens (primary N) is 1. The van der Waals surface area contributed by atoms with Crippen LogP contribution in [-0.2, 0) is 4.79 Å². The molecule has 1 aromatic carbocycles. The van der Waals surface area contributed by atoms with Gasteiger partial charge in [-0.3, -0.25) is 4.79 Å². The van der Waals surface area contributed by atoms with Crippen molar-refractivity contribution in [2.75, 3.05) is 5.32 Å². The Morgan fingerprint density at radius 2 is 1.95 bits per heavy atom. The smallest absolute Gasteiger partial charge is 0.335 e. The maximum atomic E-state index is 13.7. The van der Waals surface area contributed by atoms with Crippen molar-refractivity contribution in [3.8, 4) is 0 Å². The van der Waals surface area contributed by atoms with Crippen molar-refractivity contribution < 1.29 is 19.1 Å². The largest absolute Gasteiger partial charge is 0.478 e. The molecule has 114 valence electrons. The van der Waals surface area contributed by atoms with Gasteiger partial charge in [-0.2, -0.15) is 0 Å². The highest BCUT2D eigenvalue weighted by Crippen LogP contribution is 2.24. The first-order chi connectivity index (χ1) is 9.99. The number of carboxylic acids is 1. The number of hydrogen-bond acceptors (Lipinski definition) is 3. The molecule has 0 saturated heterocycles. The number of carbonyl (C=O) groups is 2. The van der Waals surface area contributed by atoms with Crippen molar-refractivity contribution in [2.45, 2.75) is 38.1 Å². The summed E-state index contributed by atoms with van der Waals surface area (Å²) in [6.45, 7) is 0. The molecule has 2 unspecified atom stereocenters. The topological polar surface area (TPSA) is 92.4 Å². The molecular formula is C15H19FN2O3. The Labute approximate surface area is 122 Å². The Balaban J connectivity index is 2.14. The molecule has 2 rings (SSSR count). The van der Waals surface area contributed by atoms with E-state index >= 15 is 0 Å². The molecule has 1 aromatic rings. The van der Waals surface area contributed by atoms with Gasteiger partial charge in [-0.1, -0.05) is 19.3 Å². The van der Waals surface area contributed by atoms with E-state index in [9.17, 15) is 14.0 Å². The van der Waals surface area contributed by atoms with Crippen LogP contribution >= 0.6 is 0 Å². The van der Waals surface area contributed by atoms with Gasteiger partial charge in [0.1, 0.15) is 5.82 Å². The van der Waals surface area contributed by atoms with Crippen LogP contribution in [0.5, 0.6) is 0 Å². The molecule has 0 bridgehead atoms. The van der Waals surface area contributed by atoms with Crippen LogP contribution in [0.4, 0.5) is 10.1 Å². The number of carbonyl (C=O) groups excluding carboxylic acids is 1. The maximum absolute atomic E-state index is 13.7. The number of halogens is 1. The van der Waals surface area contributed by atoms with Gasteiger partial charge in [-0.15, -0.1) is 0 Å². The van der Waals surface area contributed by atoms with Crippen LogP contribution < -0.4 is 11.1 Å². The summed E-state index contributed by atoms with van der Waals surface area (Å²) in [5.41, 5.74) is 5.81. The molecule has 1 fully saturated rings. The molecule has 0 heterocycles. The number of anilines is 1. The zero-order valence-electron chi connectivity index (χ0n) is 11.6. The predicted octanol–water partition coefficient (Wildman–Crippen LogP) is 2.37. The van der Waals surface area contributed by atoms with Gasteiger partial charge in [0.05, 0.1) is 17.2 Å². The number of nitrogens with one attached hydrogen (secondary N) is 1. The summed E-state index contributed by atoms with van der Waals surface area (Å²) in [6, 6.07) is 3.08. The van der Waals surface area contributed by atoms with Gasteiger partial charge in [0.25, 0.3) is 0 Å². The Bertz CT molecular complexity index is 548. The summed E-state index contributed by atoms with van der Waals surface area (Å²) < 4.78 is 13.7. The molecule has 2 atom stereocenters. The SMILES string of the molecule is NC1CCCCCC1C(=O)Nc1cc(C(=O)O)ccc1F. The minimum absolute atomic E-state index is 0.0723.